The molecule has 1 aromatic heterocycles. The van der Waals surface area contributed by atoms with Crippen molar-refractivity contribution in [2.45, 2.75) is 52.0 Å². The number of carbonyl (C=O) groups excluding carboxylic acids is 2. The molecule has 0 spiro atoms. The van der Waals surface area contributed by atoms with E-state index in [1.54, 1.807) is 6.20 Å². The number of rotatable bonds is 6. The van der Waals surface area contributed by atoms with Crippen LogP contribution < -0.4 is 10.6 Å². The molecule has 5 nitrogen and oxygen atoms in total. The second-order valence-electron chi connectivity index (χ2n) is 7.53. The minimum Gasteiger partial charge on any atom is -0.348 e. The topological polar surface area (TPSA) is 71.1 Å². The van der Waals surface area contributed by atoms with E-state index in [2.05, 4.69) is 15.6 Å². The average Bonchev–Trinajstić information content (AvgIpc) is 3.14. The fourth-order valence-corrected chi connectivity index (χ4v) is 3.74. The molecule has 1 aliphatic carbocycles. The molecule has 1 unspecified atom stereocenters. The number of pyridine rings is 1. The van der Waals surface area contributed by atoms with Crippen molar-refractivity contribution in [1.29, 1.82) is 0 Å². The van der Waals surface area contributed by atoms with Crippen molar-refractivity contribution >= 4 is 17.5 Å². The van der Waals surface area contributed by atoms with Gasteiger partial charge in [0.15, 0.2) is 0 Å². The van der Waals surface area contributed by atoms with Gasteiger partial charge in [0.2, 0.25) is 11.8 Å². The third kappa shape index (κ3) is 4.73. The van der Waals surface area contributed by atoms with Gasteiger partial charge in [-0.2, -0.15) is 0 Å². The van der Waals surface area contributed by atoms with Crippen LogP contribution in [0.2, 0.25) is 0 Å². The first-order valence-electron chi connectivity index (χ1n) is 9.57. The fraction of sp³-hybridized carbons (Fsp3) is 0.409. The molecule has 1 aromatic carbocycles. The SMILES string of the molecule is Cc1ccc(NC(=O)CC2(C(=O)NC(C)c3ccccn3)CCCC2)cc1. The molecule has 2 amide bonds. The summed E-state index contributed by atoms with van der Waals surface area (Å²) in [5.74, 6) is -0.154. The third-order valence-electron chi connectivity index (χ3n) is 5.36. The van der Waals surface area contributed by atoms with Crippen LogP contribution in [-0.4, -0.2) is 16.8 Å². The van der Waals surface area contributed by atoms with Gasteiger partial charge in [0.25, 0.3) is 0 Å². The van der Waals surface area contributed by atoms with Crippen molar-refractivity contribution in [3.8, 4) is 0 Å². The zero-order valence-corrected chi connectivity index (χ0v) is 16.0. The molecule has 1 atom stereocenters. The highest BCUT2D eigenvalue weighted by Gasteiger charge is 2.43. The average molecular weight is 365 g/mol. The van der Waals surface area contributed by atoms with Gasteiger partial charge in [0.1, 0.15) is 0 Å². The number of hydrogen-bond donors (Lipinski definition) is 2. The summed E-state index contributed by atoms with van der Waals surface area (Å²) < 4.78 is 0. The number of nitrogens with zero attached hydrogens (tertiary/aromatic N) is 1. The standard InChI is InChI=1S/C22H27N3O2/c1-16-8-10-18(11-9-16)25-20(26)15-22(12-4-5-13-22)21(27)24-17(2)19-7-3-6-14-23-19/h3,6-11,14,17H,4-5,12-13,15H2,1-2H3,(H,24,27)(H,25,26). The van der Waals surface area contributed by atoms with Gasteiger partial charge < -0.3 is 10.6 Å². The summed E-state index contributed by atoms with van der Waals surface area (Å²) in [6, 6.07) is 13.2. The molecule has 0 bridgehead atoms. The maximum Gasteiger partial charge on any atom is 0.227 e. The van der Waals surface area contributed by atoms with Crippen molar-refractivity contribution in [2.24, 2.45) is 5.41 Å². The van der Waals surface area contributed by atoms with Gasteiger partial charge in [-0.25, -0.2) is 0 Å². The van der Waals surface area contributed by atoms with E-state index in [1.165, 1.54) is 0 Å². The molecule has 27 heavy (non-hydrogen) atoms. The van der Waals surface area contributed by atoms with Gasteiger partial charge >= 0.3 is 0 Å². The van der Waals surface area contributed by atoms with E-state index in [-0.39, 0.29) is 24.3 Å². The normalized spacial score (nSPS) is 16.5. The second kappa shape index (κ2) is 8.33. The fourth-order valence-electron chi connectivity index (χ4n) is 3.74. The first kappa shape index (κ1) is 19.1. The first-order chi connectivity index (χ1) is 13.0. The van der Waals surface area contributed by atoms with Crippen molar-refractivity contribution in [1.82, 2.24) is 10.3 Å². The Labute approximate surface area is 160 Å². The maximum atomic E-state index is 13.1. The molecule has 0 saturated heterocycles. The van der Waals surface area contributed by atoms with Gasteiger partial charge in [0, 0.05) is 18.3 Å². The summed E-state index contributed by atoms with van der Waals surface area (Å²) in [4.78, 5) is 30.0. The van der Waals surface area contributed by atoms with E-state index in [9.17, 15) is 9.59 Å². The number of anilines is 1. The Morgan fingerprint density at radius 2 is 1.81 bits per heavy atom. The molecule has 2 N–H and O–H groups in total. The van der Waals surface area contributed by atoms with Crippen LogP contribution in [0.3, 0.4) is 0 Å². The predicted octanol–water partition coefficient (Wildman–Crippen LogP) is 4.16. The third-order valence-corrected chi connectivity index (χ3v) is 5.36. The van der Waals surface area contributed by atoms with Crippen LogP contribution >= 0.6 is 0 Å². The summed E-state index contributed by atoms with van der Waals surface area (Å²) in [6.45, 7) is 3.93. The molecule has 1 heterocycles. The molecular formula is C22H27N3O2. The Hall–Kier alpha value is -2.69. The summed E-state index contributed by atoms with van der Waals surface area (Å²) in [5.41, 5.74) is 2.10. The van der Waals surface area contributed by atoms with Crippen LogP contribution in [-0.2, 0) is 9.59 Å². The maximum absolute atomic E-state index is 13.1. The summed E-state index contributed by atoms with van der Waals surface area (Å²) in [7, 11) is 0. The van der Waals surface area contributed by atoms with Gasteiger partial charge in [0.05, 0.1) is 17.2 Å². The first-order valence-corrected chi connectivity index (χ1v) is 9.57. The number of hydrogen-bond acceptors (Lipinski definition) is 3. The summed E-state index contributed by atoms with van der Waals surface area (Å²) in [6.07, 6.45) is 5.37. The van der Waals surface area contributed by atoms with E-state index in [1.807, 2.05) is 56.3 Å². The number of aromatic nitrogens is 1. The highest BCUT2D eigenvalue weighted by molar-refractivity contribution is 5.96. The highest BCUT2D eigenvalue weighted by atomic mass is 16.2. The van der Waals surface area contributed by atoms with E-state index in [0.29, 0.717) is 0 Å². The Morgan fingerprint density at radius 1 is 1.11 bits per heavy atom. The van der Waals surface area contributed by atoms with Crippen molar-refractivity contribution < 1.29 is 9.59 Å². The Kier molecular flexibility index (Phi) is 5.89. The van der Waals surface area contributed by atoms with Crippen LogP contribution in [0.5, 0.6) is 0 Å². The molecule has 3 rings (SSSR count). The molecular weight excluding hydrogens is 338 g/mol. The van der Waals surface area contributed by atoms with Crippen LogP contribution in [0.1, 0.15) is 56.3 Å². The van der Waals surface area contributed by atoms with Crippen LogP contribution in [0.4, 0.5) is 5.69 Å². The Bertz CT molecular complexity index is 781. The van der Waals surface area contributed by atoms with Gasteiger partial charge in [-0.1, -0.05) is 36.6 Å². The second-order valence-corrected chi connectivity index (χ2v) is 7.53. The van der Waals surface area contributed by atoms with Gasteiger partial charge in [-0.05, 0) is 51.0 Å². The lowest BCUT2D eigenvalue weighted by Gasteiger charge is -2.29. The monoisotopic (exact) mass is 365 g/mol. The van der Waals surface area contributed by atoms with Crippen molar-refractivity contribution in [3.05, 3.63) is 59.9 Å². The largest absolute Gasteiger partial charge is 0.348 e. The zero-order chi connectivity index (χ0) is 19.3. The Morgan fingerprint density at radius 3 is 2.44 bits per heavy atom. The van der Waals surface area contributed by atoms with Crippen molar-refractivity contribution in [2.75, 3.05) is 5.32 Å². The lowest BCUT2D eigenvalue weighted by molar-refractivity contribution is -0.135. The van der Waals surface area contributed by atoms with Crippen molar-refractivity contribution in [3.63, 3.8) is 0 Å². The molecule has 1 saturated carbocycles. The molecule has 142 valence electrons. The van der Waals surface area contributed by atoms with Gasteiger partial charge in [-0.3, -0.25) is 14.6 Å². The van der Waals surface area contributed by atoms with Crippen LogP contribution in [0, 0.1) is 12.3 Å². The predicted molar refractivity (Wildman–Crippen MR) is 106 cm³/mol. The summed E-state index contributed by atoms with van der Waals surface area (Å²) >= 11 is 0. The lowest BCUT2D eigenvalue weighted by atomic mass is 9.81. The van der Waals surface area contributed by atoms with E-state index in [4.69, 9.17) is 0 Å². The molecule has 1 aliphatic rings. The minimum absolute atomic E-state index is 0.0443. The number of aryl methyl sites for hydroxylation is 1. The zero-order valence-electron chi connectivity index (χ0n) is 16.0. The smallest absolute Gasteiger partial charge is 0.227 e. The summed E-state index contributed by atoms with van der Waals surface area (Å²) in [5, 5.41) is 6.00. The molecule has 5 heteroatoms. The number of nitrogens with one attached hydrogen (secondary N) is 2. The quantitative estimate of drug-likeness (QED) is 0.807. The Balaban J connectivity index is 1.66. The number of benzene rings is 1. The van der Waals surface area contributed by atoms with E-state index >= 15 is 0 Å². The number of carbonyl (C=O) groups is 2. The van der Waals surface area contributed by atoms with E-state index < -0.39 is 5.41 Å². The van der Waals surface area contributed by atoms with E-state index in [0.717, 1.165) is 42.6 Å². The van der Waals surface area contributed by atoms with Gasteiger partial charge in [-0.15, -0.1) is 0 Å². The highest BCUT2D eigenvalue weighted by Crippen LogP contribution is 2.42. The molecule has 1 fully saturated rings. The number of amides is 2. The molecule has 2 aromatic rings. The lowest BCUT2D eigenvalue weighted by Crippen LogP contribution is -2.42. The minimum atomic E-state index is -0.627. The molecule has 0 aliphatic heterocycles. The van der Waals surface area contributed by atoms with Crippen LogP contribution in [0.25, 0.3) is 0 Å². The van der Waals surface area contributed by atoms with Crippen LogP contribution in [0.15, 0.2) is 48.7 Å². The molecule has 0 radical (unpaired) electrons.